The fraction of sp³-hybridized carbons (Fsp3) is 0.652. The van der Waals surface area contributed by atoms with E-state index in [4.69, 9.17) is 4.74 Å². The molecule has 3 saturated carbocycles. The number of phenolic OH excluding ortho intramolecular Hbond substituents is 2. The van der Waals surface area contributed by atoms with Gasteiger partial charge in [0.2, 0.25) is 0 Å². The average molecular weight is 386 g/mol. The lowest BCUT2D eigenvalue weighted by Crippen LogP contribution is -2.67. The minimum Gasteiger partial charge on any atom is -0.507 e. The van der Waals surface area contributed by atoms with Crippen LogP contribution >= 0.6 is 0 Å². The molecule has 0 amide bonds. The second-order valence-corrected chi connectivity index (χ2v) is 10.2. The van der Waals surface area contributed by atoms with Crippen LogP contribution in [0.3, 0.4) is 0 Å². The number of rotatable bonds is 4. The Morgan fingerprint density at radius 3 is 2.43 bits per heavy atom. The largest absolute Gasteiger partial charge is 0.507 e. The first kappa shape index (κ1) is 19.3. The lowest BCUT2D eigenvalue weighted by atomic mass is 9.41. The standard InChI is InChI=1S/C23H30O5/c1-11(2)6-16(25)18-20(27)15(10-24)19(26)14-8-13-7-12-9-17(22(12,3)4)23(13,5)28-21(14)18/h10-13,17,26-27H,6-9H2,1-5H3/t12-,13+,17?,23-/m1/s1. The van der Waals surface area contributed by atoms with Crippen LogP contribution in [0.15, 0.2) is 0 Å². The van der Waals surface area contributed by atoms with Crippen molar-refractivity contribution in [1.29, 1.82) is 0 Å². The maximum atomic E-state index is 13.0. The Labute approximate surface area is 166 Å². The molecular weight excluding hydrogens is 356 g/mol. The maximum absolute atomic E-state index is 13.0. The maximum Gasteiger partial charge on any atom is 0.170 e. The van der Waals surface area contributed by atoms with Crippen molar-refractivity contribution in [2.45, 2.75) is 65.9 Å². The quantitative estimate of drug-likeness (QED) is 0.587. The molecule has 1 aromatic rings. The molecular formula is C23H30O5. The third-order valence-corrected chi connectivity index (χ3v) is 7.84. The smallest absolute Gasteiger partial charge is 0.170 e. The van der Waals surface area contributed by atoms with Crippen molar-refractivity contribution < 1.29 is 24.5 Å². The van der Waals surface area contributed by atoms with Crippen molar-refractivity contribution >= 4 is 12.1 Å². The van der Waals surface area contributed by atoms with Gasteiger partial charge >= 0.3 is 0 Å². The summed E-state index contributed by atoms with van der Waals surface area (Å²) < 4.78 is 6.55. The van der Waals surface area contributed by atoms with E-state index in [0.29, 0.717) is 30.1 Å². The second-order valence-electron chi connectivity index (χ2n) is 10.2. The Balaban J connectivity index is 1.88. The molecule has 28 heavy (non-hydrogen) atoms. The molecule has 1 unspecified atom stereocenters. The highest BCUT2D eigenvalue weighted by Gasteiger charge is 2.66. The molecule has 5 heteroatoms. The van der Waals surface area contributed by atoms with Gasteiger partial charge in [-0.15, -0.1) is 0 Å². The van der Waals surface area contributed by atoms with E-state index in [2.05, 4.69) is 20.8 Å². The number of phenols is 2. The normalized spacial score (nSPS) is 32.0. The molecule has 1 aromatic carbocycles. The van der Waals surface area contributed by atoms with Crippen molar-refractivity contribution in [1.82, 2.24) is 0 Å². The van der Waals surface area contributed by atoms with Crippen LogP contribution in [0.25, 0.3) is 0 Å². The first-order valence-corrected chi connectivity index (χ1v) is 10.3. The number of aldehydes is 1. The van der Waals surface area contributed by atoms with Crippen molar-refractivity contribution in [2.24, 2.45) is 29.1 Å². The van der Waals surface area contributed by atoms with Crippen LogP contribution in [-0.2, 0) is 6.42 Å². The summed E-state index contributed by atoms with van der Waals surface area (Å²) >= 11 is 0. The first-order valence-electron chi connectivity index (χ1n) is 10.3. The van der Waals surface area contributed by atoms with Crippen LogP contribution in [0.5, 0.6) is 17.2 Å². The summed E-state index contributed by atoms with van der Waals surface area (Å²) in [5, 5.41) is 21.4. The van der Waals surface area contributed by atoms with Crippen LogP contribution in [0.1, 0.15) is 80.2 Å². The number of hydrogen-bond donors (Lipinski definition) is 2. The van der Waals surface area contributed by atoms with Gasteiger partial charge in [-0.1, -0.05) is 27.7 Å². The van der Waals surface area contributed by atoms with Gasteiger partial charge in [-0.3, -0.25) is 9.59 Å². The molecule has 4 aliphatic rings. The van der Waals surface area contributed by atoms with Gasteiger partial charge in [-0.2, -0.15) is 0 Å². The Morgan fingerprint density at radius 1 is 1.18 bits per heavy atom. The summed E-state index contributed by atoms with van der Waals surface area (Å²) in [7, 11) is 0. The third kappa shape index (κ3) is 2.37. The number of ketones is 1. The van der Waals surface area contributed by atoms with Gasteiger partial charge in [0.05, 0.1) is 5.56 Å². The van der Waals surface area contributed by atoms with E-state index >= 15 is 0 Å². The molecule has 0 saturated heterocycles. The highest BCUT2D eigenvalue weighted by atomic mass is 16.5. The van der Waals surface area contributed by atoms with Gasteiger partial charge in [-0.25, -0.2) is 0 Å². The van der Waals surface area contributed by atoms with Crippen LogP contribution in [0.4, 0.5) is 0 Å². The van der Waals surface area contributed by atoms with E-state index in [1.807, 2.05) is 13.8 Å². The molecule has 4 atom stereocenters. The van der Waals surface area contributed by atoms with Crippen molar-refractivity contribution in [3.63, 3.8) is 0 Å². The van der Waals surface area contributed by atoms with E-state index in [1.165, 1.54) is 0 Å². The summed E-state index contributed by atoms with van der Waals surface area (Å²) in [5.74, 6) is 0.641. The summed E-state index contributed by atoms with van der Waals surface area (Å²) in [6, 6.07) is 0. The third-order valence-electron chi connectivity index (χ3n) is 7.84. The van der Waals surface area contributed by atoms with Crippen LogP contribution < -0.4 is 4.74 Å². The zero-order chi connectivity index (χ0) is 20.6. The minimum absolute atomic E-state index is 0.0579. The summed E-state index contributed by atoms with van der Waals surface area (Å²) in [4.78, 5) is 24.5. The van der Waals surface area contributed by atoms with Crippen molar-refractivity contribution in [3.8, 4) is 17.2 Å². The van der Waals surface area contributed by atoms with Crippen molar-refractivity contribution in [2.75, 3.05) is 0 Å². The summed E-state index contributed by atoms with van der Waals surface area (Å²) in [6.07, 6.45) is 3.33. The molecule has 3 fully saturated rings. The highest BCUT2D eigenvalue weighted by molar-refractivity contribution is 6.05. The number of aromatic hydroxyl groups is 2. The van der Waals surface area contributed by atoms with Crippen LogP contribution in [0.2, 0.25) is 0 Å². The molecule has 5 rings (SSSR count). The van der Waals surface area contributed by atoms with Gasteiger partial charge in [0, 0.05) is 23.8 Å². The van der Waals surface area contributed by atoms with Gasteiger partial charge in [0.25, 0.3) is 0 Å². The second kappa shape index (κ2) is 5.98. The number of hydrogen-bond acceptors (Lipinski definition) is 5. The van der Waals surface area contributed by atoms with Crippen LogP contribution in [0, 0.1) is 29.1 Å². The Kier molecular flexibility index (Phi) is 4.12. The molecule has 2 bridgehead atoms. The van der Waals surface area contributed by atoms with E-state index in [-0.39, 0.29) is 52.1 Å². The molecule has 0 radical (unpaired) electrons. The van der Waals surface area contributed by atoms with E-state index in [1.54, 1.807) is 0 Å². The summed E-state index contributed by atoms with van der Waals surface area (Å²) in [5.41, 5.74) is 0.0765. The van der Waals surface area contributed by atoms with Gasteiger partial charge in [0.15, 0.2) is 12.1 Å². The number of carbonyl (C=O) groups is 2. The van der Waals surface area contributed by atoms with Gasteiger partial charge in [0.1, 0.15) is 28.4 Å². The molecule has 1 heterocycles. The number of fused-ring (bicyclic) bond motifs is 1. The first-order chi connectivity index (χ1) is 13.0. The molecule has 152 valence electrons. The average Bonchev–Trinajstić information content (AvgIpc) is 2.59. The SMILES string of the molecule is CC(C)CC(=O)c1c(O)c(C=O)c(O)c2c1O[C@@]1(C)C3C[C@@H](C[C@H]1C2)C3(C)C. The van der Waals surface area contributed by atoms with Gasteiger partial charge < -0.3 is 14.9 Å². The predicted octanol–water partition coefficient (Wildman–Crippen LogP) is 4.51. The number of benzene rings is 1. The lowest BCUT2D eigenvalue weighted by Gasteiger charge is -2.67. The van der Waals surface area contributed by atoms with Crippen LogP contribution in [-0.4, -0.2) is 27.9 Å². The van der Waals surface area contributed by atoms with E-state index in [0.717, 1.165) is 12.8 Å². The predicted molar refractivity (Wildman–Crippen MR) is 105 cm³/mol. The Hall–Kier alpha value is -2.04. The lowest BCUT2D eigenvalue weighted by molar-refractivity contribution is -0.217. The number of ether oxygens (including phenoxy) is 1. The van der Waals surface area contributed by atoms with E-state index < -0.39 is 11.4 Å². The Morgan fingerprint density at radius 2 is 1.86 bits per heavy atom. The fourth-order valence-corrected chi connectivity index (χ4v) is 6.08. The fourth-order valence-electron chi connectivity index (χ4n) is 6.08. The van der Waals surface area contributed by atoms with E-state index in [9.17, 15) is 19.8 Å². The van der Waals surface area contributed by atoms with Gasteiger partial charge in [-0.05, 0) is 43.4 Å². The molecule has 0 aromatic heterocycles. The zero-order valence-electron chi connectivity index (χ0n) is 17.3. The number of Topliss-reactive ketones (excluding diaryl/α,β-unsaturated/α-hetero) is 1. The molecule has 5 nitrogen and oxygen atoms in total. The van der Waals surface area contributed by atoms with Crippen molar-refractivity contribution in [3.05, 3.63) is 16.7 Å². The molecule has 2 N–H and O–H groups in total. The molecule has 1 aliphatic heterocycles. The minimum atomic E-state index is -0.458. The topological polar surface area (TPSA) is 83.8 Å². The Bertz CT molecular complexity index is 868. The zero-order valence-corrected chi connectivity index (χ0v) is 17.3. The monoisotopic (exact) mass is 386 g/mol. The number of carbonyl (C=O) groups excluding carboxylic acids is 2. The highest BCUT2D eigenvalue weighted by Crippen LogP contribution is 2.67. The molecule has 3 aliphatic carbocycles. The molecule has 0 spiro atoms. The summed E-state index contributed by atoms with van der Waals surface area (Å²) in [6.45, 7) is 10.5.